The lowest BCUT2D eigenvalue weighted by Gasteiger charge is -2.01. The number of fused-ring (bicyclic) bond motifs is 1. The average molecular weight is 217 g/mol. The van der Waals surface area contributed by atoms with Crippen LogP contribution < -0.4 is 5.73 Å². The fourth-order valence-electron chi connectivity index (χ4n) is 1.43. The molecule has 2 rings (SSSR count). The fourth-order valence-corrected chi connectivity index (χ4v) is 1.43. The molecule has 0 radical (unpaired) electrons. The molecule has 1 aromatic carbocycles. The van der Waals surface area contributed by atoms with Gasteiger partial charge in [-0.3, -0.25) is 14.9 Å². The molecule has 0 aliphatic rings. The molecule has 1 aromatic heterocycles. The zero-order valence-electron chi connectivity index (χ0n) is 8.08. The predicted octanol–water partition coefficient (Wildman–Crippen LogP) is 1.24. The lowest BCUT2D eigenvalue weighted by atomic mass is 10.1. The molecular weight excluding hydrogens is 210 g/mol. The van der Waals surface area contributed by atoms with E-state index in [1.54, 1.807) is 24.3 Å². The number of pyridine rings is 1. The standard InChI is InChI=1S/C10H7N3O3/c11-10(14)9-8(13(15)16)5-6-3-1-2-4-7(6)12-9/h1-5H,(H2,11,14). The number of benzene rings is 1. The molecule has 0 fully saturated rings. The Balaban J connectivity index is 2.81. The van der Waals surface area contributed by atoms with Crippen molar-refractivity contribution >= 4 is 22.5 Å². The molecule has 0 aliphatic carbocycles. The molecule has 0 saturated carbocycles. The van der Waals surface area contributed by atoms with E-state index in [1.807, 2.05) is 0 Å². The second kappa shape index (κ2) is 3.58. The topological polar surface area (TPSA) is 99.1 Å². The molecule has 80 valence electrons. The molecule has 0 spiro atoms. The summed E-state index contributed by atoms with van der Waals surface area (Å²) in [5, 5.41) is 11.3. The van der Waals surface area contributed by atoms with Crippen LogP contribution in [0.2, 0.25) is 0 Å². The van der Waals surface area contributed by atoms with Crippen LogP contribution in [0.4, 0.5) is 5.69 Å². The van der Waals surface area contributed by atoms with Crippen molar-refractivity contribution in [2.45, 2.75) is 0 Å². The first-order valence-corrected chi connectivity index (χ1v) is 4.43. The van der Waals surface area contributed by atoms with Crippen molar-refractivity contribution in [3.8, 4) is 0 Å². The first-order chi connectivity index (χ1) is 7.59. The van der Waals surface area contributed by atoms with Crippen LogP contribution in [-0.4, -0.2) is 15.8 Å². The molecule has 1 amide bonds. The van der Waals surface area contributed by atoms with Gasteiger partial charge in [0.2, 0.25) is 5.69 Å². The first-order valence-electron chi connectivity index (χ1n) is 4.43. The van der Waals surface area contributed by atoms with Crippen LogP contribution >= 0.6 is 0 Å². The number of amides is 1. The average Bonchev–Trinajstić information content (AvgIpc) is 2.27. The maximum Gasteiger partial charge on any atom is 0.301 e. The van der Waals surface area contributed by atoms with Gasteiger partial charge in [-0.1, -0.05) is 18.2 Å². The number of nitrogens with zero attached hydrogens (tertiary/aromatic N) is 2. The van der Waals surface area contributed by atoms with Crippen molar-refractivity contribution in [2.75, 3.05) is 0 Å². The Morgan fingerprint density at radius 2 is 2.06 bits per heavy atom. The summed E-state index contributed by atoms with van der Waals surface area (Å²) in [6.07, 6.45) is 0. The maximum atomic E-state index is 11.0. The highest BCUT2D eigenvalue weighted by Gasteiger charge is 2.20. The third-order valence-corrected chi connectivity index (χ3v) is 2.13. The Kier molecular flexibility index (Phi) is 2.24. The van der Waals surface area contributed by atoms with Gasteiger partial charge in [-0.2, -0.15) is 0 Å². The summed E-state index contributed by atoms with van der Waals surface area (Å²) in [7, 11) is 0. The van der Waals surface area contributed by atoms with Gasteiger partial charge in [0.05, 0.1) is 10.4 Å². The Bertz CT molecular complexity index is 542. The Hall–Kier alpha value is -2.50. The van der Waals surface area contributed by atoms with Crippen LogP contribution in [0, 0.1) is 10.1 Å². The number of para-hydroxylation sites is 1. The van der Waals surface area contributed by atoms with Gasteiger partial charge < -0.3 is 5.73 Å². The quantitative estimate of drug-likeness (QED) is 0.604. The van der Waals surface area contributed by atoms with Gasteiger partial charge >= 0.3 is 5.69 Å². The molecular formula is C10H7N3O3. The number of carbonyl (C=O) groups is 1. The van der Waals surface area contributed by atoms with E-state index >= 15 is 0 Å². The Labute approximate surface area is 89.9 Å². The molecule has 0 saturated heterocycles. The van der Waals surface area contributed by atoms with Crippen molar-refractivity contribution in [1.29, 1.82) is 0 Å². The number of hydrogen-bond donors (Lipinski definition) is 1. The van der Waals surface area contributed by atoms with E-state index in [0.717, 1.165) is 0 Å². The van der Waals surface area contributed by atoms with Crippen LogP contribution in [0.3, 0.4) is 0 Å². The summed E-state index contributed by atoms with van der Waals surface area (Å²) in [5.74, 6) is -0.905. The lowest BCUT2D eigenvalue weighted by molar-refractivity contribution is -0.385. The summed E-state index contributed by atoms with van der Waals surface area (Å²) in [6, 6.07) is 8.09. The van der Waals surface area contributed by atoms with Crippen molar-refractivity contribution < 1.29 is 9.72 Å². The van der Waals surface area contributed by atoms with Crippen LogP contribution in [-0.2, 0) is 0 Å². The van der Waals surface area contributed by atoms with Gasteiger partial charge in [0.15, 0.2) is 0 Å². The molecule has 6 nitrogen and oxygen atoms in total. The summed E-state index contributed by atoms with van der Waals surface area (Å²) in [5.41, 5.74) is 4.85. The zero-order chi connectivity index (χ0) is 11.7. The number of nitro groups is 1. The number of hydrogen-bond acceptors (Lipinski definition) is 4. The molecule has 6 heteroatoms. The highest BCUT2D eigenvalue weighted by Crippen LogP contribution is 2.22. The molecule has 0 unspecified atom stereocenters. The lowest BCUT2D eigenvalue weighted by Crippen LogP contribution is -2.15. The van der Waals surface area contributed by atoms with Gasteiger partial charge in [-0.15, -0.1) is 0 Å². The third-order valence-electron chi connectivity index (χ3n) is 2.13. The minimum atomic E-state index is -0.905. The van der Waals surface area contributed by atoms with E-state index in [9.17, 15) is 14.9 Å². The zero-order valence-corrected chi connectivity index (χ0v) is 8.08. The predicted molar refractivity (Wildman–Crippen MR) is 56.9 cm³/mol. The van der Waals surface area contributed by atoms with Crippen LogP contribution in [0.25, 0.3) is 10.9 Å². The third kappa shape index (κ3) is 1.56. The van der Waals surface area contributed by atoms with Gasteiger partial charge in [0, 0.05) is 11.5 Å². The van der Waals surface area contributed by atoms with Crippen LogP contribution in [0.1, 0.15) is 10.5 Å². The van der Waals surface area contributed by atoms with E-state index < -0.39 is 10.8 Å². The van der Waals surface area contributed by atoms with Crippen molar-refractivity contribution in [2.24, 2.45) is 5.73 Å². The van der Waals surface area contributed by atoms with E-state index in [4.69, 9.17) is 5.73 Å². The minimum absolute atomic E-state index is 0.316. The van der Waals surface area contributed by atoms with E-state index in [0.29, 0.717) is 10.9 Å². The van der Waals surface area contributed by atoms with Crippen molar-refractivity contribution in [3.63, 3.8) is 0 Å². The highest BCUT2D eigenvalue weighted by molar-refractivity contribution is 5.98. The normalized spacial score (nSPS) is 10.2. The molecule has 0 atom stereocenters. The minimum Gasteiger partial charge on any atom is -0.364 e. The number of nitrogens with two attached hydrogens (primary N) is 1. The Morgan fingerprint density at radius 1 is 1.38 bits per heavy atom. The van der Waals surface area contributed by atoms with Gasteiger partial charge in [-0.05, 0) is 6.07 Å². The molecule has 2 aromatic rings. The number of primary amides is 1. The second-order valence-corrected chi connectivity index (χ2v) is 3.17. The number of carbonyl (C=O) groups excluding carboxylic acids is 1. The van der Waals surface area contributed by atoms with Crippen LogP contribution in [0.15, 0.2) is 30.3 Å². The molecule has 16 heavy (non-hydrogen) atoms. The number of rotatable bonds is 2. The summed E-state index contributed by atoms with van der Waals surface area (Å²) in [6.45, 7) is 0. The second-order valence-electron chi connectivity index (χ2n) is 3.17. The van der Waals surface area contributed by atoms with Crippen molar-refractivity contribution in [1.82, 2.24) is 4.98 Å². The molecule has 0 aliphatic heterocycles. The fraction of sp³-hybridized carbons (Fsp3) is 0. The smallest absolute Gasteiger partial charge is 0.301 e. The highest BCUT2D eigenvalue weighted by atomic mass is 16.6. The van der Waals surface area contributed by atoms with E-state index in [1.165, 1.54) is 6.07 Å². The molecule has 2 N–H and O–H groups in total. The number of aromatic nitrogens is 1. The molecule has 1 heterocycles. The van der Waals surface area contributed by atoms with Gasteiger partial charge in [0.1, 0.15) is 0 Å². The summed E-state index contributed by atoms with van der Waals surface area (Å²) in [4.78, 5) is 25.0. The van der Waals surface area contributed by atoms with E-state index in [-0.39, 0.29) is 11.4 Å². The largest absolute Gasteiger partial charge is 0.364 e. The van der Waals surface area contributed by atoms with Gasteiger partial charge in [-0.25, -0.2) is 4.98 Å². The molecule has 0 bridgehead atoms. The van der Waals surface area contributed by atoms with E-state index in [2.05, 4.69) is 4.98 Å². The Morgan fingerprint density at radius 3 is 2.69 bits per heavy atom. The first kappa shape index (κ1) is 10.0. The SMILES string of the molecule is NC(=O)c1nc2ccccc2cc1[N+](=O)[O-]. The van der Waals surface area contributed by atoms with Crippen LogP contribution in [0.5, 0.6) is 0 Å². The van der Waals surface area contributed by atoms with Gasteiger partial charge in [0.25, 0.3) is 5.91 Å². The summed E-state index contributed by atoms with van der Waals surface area (Å²) >= 11 is 0. The maximum absolute atomic E-state index is 11.0. The summed E-state index contributed by atoms with van der Waals surface area (Å²) < 4.78 is 0. The van der Waals surface area contributed by atoms with Crippen molar-refractivity contribution in [3.05, 3.63) is 46.1 Å². The monoisotopic (exact) mass is 217 g/mol.